The number of fused-ring (bicyclic) bond motifs is 5. The van der Waals surface area contributed by atoms with Gasteiger partial charge in [-0.25, -0.2) is 0 Å². The average molecular weight is 341 g/mol. The topological polar surface area (TPSA) is 77.2 Å². The molecule has 2 N–H and O–H groups in total. The lowest BCUT2D eigenvalue weighted by molar-refractivity contribution is -0.143. The first kappa shape index (κ1) is 16.7. The van der Waals surface area contributed by atoms with Gasteiger partial charge in [0.1, 0.15) is 11.6 Å². The predicted octanol–water partition coefficient (Wildman–Crippen LogP) is 2.96. The van der Waals surface area contributed by atoms with Gasteiger partial charge in [-0.3, -0.25) is 14.4 Å². The fourth-order valence-corrected chi connectivity index (χ4v) is 6.69. The number of allylic oxidation sites excluding steroid dienone is 4. The highest BCUT2D eigenvalue weighted by molar-refractivity contribution is 5.98. The third kappa shape index (κ3) is 2.03. The summed E-state index contributed by atoms with van der Waals surface area (Å²) in [6.07, 6.45) is 7.62. The van der Waals surface area contributed by atoms with Crippen molar-refractivity contribution in [2.75, 3.05) is 0 Å². The molecule has 4 heteroatoms. The molecule has 4 rings (SSSR count). The maximum Gasteiger partial charge on any atom is 0.178 e. The van der Waals surface area contributed by atoms with Gasteiger partial charge in [0, 0.05) is 30.1 Å². The van der Waals surface area contributed by atoms with Gasteiger partial charge < -0.3 is 5.73 Å². The number of carbonyl (C=O) groups is 3. The molecule has 4 aliphatic rings. The Morgan fingerprint density at radius 3 is 2.64 bits per heavy atom. The summed E-state index contributed by atoms with van der Waals surface area (Å²) in [5, 5.41) is 0. The minimum absolute atomic E-state index is 0.00109. The molecule has 4 aliphatic carbocycles. The summed E-state index contributed by atoms with van der Waals surface area (Å²) in [7, 11) is 0. The second-order valence-corrected chi connectivity index (χ2v) is 9.08. The molecule has 0 amide bonds. The fraction of sp³-hybridized carbons (Fsp3) is 0.667. The van der Waals surface area contributed by atoms with Crippen molar-refractivity contribution in [3.05, 3.63) is 23.4 Å². The van der Waals surface area contributed by atoms with Gasteiger partial charge in [-0.05, 0) is 49.0 Å². The largest absolute Gasteiger partial charge is 0.396 e. The first-order valence-corrected chi connectivity index (χ1v) is 9.45. The SMILES string of the molecule is CC(=O)[C@H]1CC[C@H]2[C@@H]3C=CC4=C(N)C(=O)CC[C@]4(C)[C@H]3C(=O)C[C@]12C. The van der Waals surface area contributed by atoms with Gasteiger partial charge in [0.15, 0.2) is 5.78 Å². The second-order valence-electron chi connectivity index (χ2n) is 9.08. The zero-order chi connectivity index (χ0) is 18.1. The molecule has 0 saturated heterocycles. The van der Waals surface area contributed by atoms with E-state index >= 15 is 0 Å². The van der Waals surface area contributed by atoms with E-state index in [-0.39, 0.29) is 45.9 Å². The fourth-order valence-electron chi connectivity index (χ4n) is 6.69. The van der Waals surface area contributed by atoms with Crippen LogP contribution in [0.5, 0.6) is 0 Å². The van der Waals surface area contributed by atoms with E-state index in [1.165, 1.54) is 0 Å². The Bertz CT molecular complexity index is 748. The summed E-state index contributed by atoms with van der Waals surface area (Å²) in [6, 6.07) is 0. The molecule has 134 valence electrons. The van der Waals surface area contributed by atoms with Crippen LogP contribution in [0.15, 0.2) is 23.4 Å². The normalized spacial score (nSPS) is 45.9. The summed E-state index contributed by atoms with van der Waals surface area (Å²) in [4.78, 5) is 37.5. The maximum atomic E-state index is 13.3. The highest BCUT2D eigenvalue weighted by Crippen LogP contribution is 2.64. The van der Waals surface area contributed by atoms with Crippen molar-refractivity contribution < 1.29 is 14.4 Å². The first-order valence-electron chi connectivity index (χ1n) is 9.45. The summed E-state index contributed by atoms with van der Waals surface area (Å²) >= 11 is 0. The molecular weight excluding hydrogens is 314 g/mol. The Kier molecular flexibility index (Phi) is 3.45. The molecule has 4 nitrogen and oxygen atoms in total. The van der Waals surface area contributed by atoms with Crippen molar-refractivity contribution in [1.82, 2.24) is 0 Å². The van der Waals surface area contributed by atoms with E-state index in [1.807, 2.05) is 6.08 Å². The number of hydrogen-bond acceptors (Lipinski definition) is 4. The maximum absolute atomic E-state index is 13.3. The minimum Gasteiger partial charge on any atom is -0.396 e. The standard InChI is InChI=1S/C21H27NO3/c1-11(23)13-6-7-14-12-4-5-15-19(22)16(24)8-9-20(15,2)18(12)17(25)10-21(13,14)3/h4-5,12-14,18H,6-10,22H2,1-3H3/t12-,13+,14-,18+,20-,21+/m0/s1. The van der Waals surface area contributed by atoms with Crippen LogP contribution in [0.3, 0.4) is 0 Å². The van der Waals surface area contributed by atoms with E-state index in [2.05, 4.69) is 19.9 Å². The highest BCUT2D eigenvalue weighted by atomic mass is 16.1. The molecule has 0 aromatic heterocycles. The predicted molar refractivity (Wildman–Crippen MR) is 94.3 cm³/mol. The van der Waals surface area contributed by atoms with Gasteiger partial charge in [0.2, 0.25) is 0 Å². The number of ketones is 3. The Morgan fingerprint density at radius 1 is 1.24 bits per heavy atom. The van der Waals surface area contributed by atoms with Crippen LogP contribution in [0.25, 0.3) is 0 Å². The van der Waals surface area contributed by atoms with Crippen LogP contribution >= 0.6 is 0 Å². The molecular formula is C21H27NO3. The monoisotopic (exact) mass is 341 g/mol. The lowest BCUT2D eigenvalue weighted by Gasteiger charge is -2.54. The smallest absolute Gasteiger partial charge is 0.178 e. The summed E-state index contributed by atoms with van der Waals surface area (Å²) in [5.74, 6) is 0.879. The van der Waals surface area contributed by atoms with E-state index in [9.17, 15) is 14.4 Å². The Balaban J connectivity index is 1.82. The van der Waals surface area contributed by atoms with Crippen LogP contribution in [0.4, 0.5) is 0 Å². The van der Waals surface area contributed by atoms with Gasteiger partial charge in [0.05, 0.1) is 5.70 Å². The summed E-state index contributed by atoms with van der Waals surface area (Å²) in [6.45, 7) is 5.92. The molecule has 2 fully saturated rings. The lowest BCUT2D eigenvalue weighted by Crippen LogP contribution is -2.54. The van der Waals surface area contributed by atoms with Crippen LogP contribution in [0.1, 0.15) is 52.9 Å². The van der Waals surface area contributed by atoms with Crippen LogP contribution in [0.2, 0.25) is 0 Å². The number of nitrogens with two attached hydrogens (primary N) is 1. The average Bonchev–Trinajstić information content (AvgIpc) is 2.88. The van der Waals surface area contributed by atoms with Gasteiger partial charge >= 0.3 is 0 Å². The van der Waals surface area contributed by atoms with Crippen molar-refractivity contribution in [2.24, 2.45) is 40.2 Å². The summed E-state index contributed by atoms with van der Waals surface area (Å²) in [5.41, 5.74) is 6.75. The van der Waals surface area contributed by atoms with Crippen LogP contribution < -0.4 is 5.73 Å². The Morgan fingerprint density at radius 2 is 1.96 bits per heavy atom. The lowest BCUT2D eigenvalue weighted by atomic mass is 9.48. The second kappa shape index (κ2) is 5.15. The van der Waals surface area contributed by atoms with Crippen molar-refractivity contribution >= 4 is 17.3 Å². The Hall–Kier alpha value is -1.71. The van der Waals surface area contributed by atoms with E-state index < -0.39 is 0 Å². The number of hydrogen-bond donors (Lipinski definition) is 1. The van der Waals surface area contributed by atoms with E-state index in [4.69, 9.17) is 5.73 Å². The summed E-state index contributed by atoms with van der Waals surface area (Å²) < 4.78 is 0. The van der Waals surface area contributed by atoms with Crippen LogP contribution in [-0.2, 0) is 14.4 Å². The molecule has 0 aromatic rings. The number of rotatable bonds is 1. The zero-order valence-corrected chi connectivity index (χ0v) is 15.3. The molecule has 0 aliphatic heterocycles. The molecule has 0 aromatic carbocycles. The molecule has 0 radical (unpaired) electrons. The molecule has 0 bridgehead atoms. The van der Waals surface area contributed by atoms with Crippen molar-refractivity contribution in [3.63, 3.8) is 0 Å². The van der Waals surface area contributed by atoms with E-state index in [0.717, 1.165) is 18.4 Å². The highest BCUT2D eigenvalue weighted by Gasteiger charge is 2.62. The molecule has 0 unspecified atom stereocenters. The van der Waals surface area contributed by atoms with Crippen molar-refractivity contribution in [2.45, 2.75) is 52.9 Å². The van der Waals surface area contributed by atoms with Crippen molar-refractivity contribution in [3.8, 4) is 0 Å². The van der Waals surface area contributed by atoms with Crippen molar-refractivity contribution in [1.29, 1.82) is 0 Å². The molecule has 6 atom stereocenters. The molecule has 0 heterocycles. The number of carbonyl (C=O) groups excluding carboxylic acids is 3. The van der Waals surface area contributed by atoms with E-state index in [0.29, 0.717) is 30.9 Å². The Labute approximate surface area is 148 Å². The van der Waals surface area contributed by atoms with Gasteiger partial charge in [-0.1, -0.05) is 26.0 Å². The van der Waals surface area contributed by atoms with Gasteiger partial charge in [0.25, 0.3) is 0 Å². The third-order valence-corrected chi connectivity index (χ3v) is 7.90. The quantitative estimate of drug-likeness (QED) is 0.795. The van der Waals surface area contributed by atoms with Gasteiger partial charge in [-0.15, -0.1) is 0 Å². The zero-order valence-electron chi connectivity index (χ0n) is 15.3. The van der Waals surface area contributed by atoms with E-state index in [1.54, 1.807) is 6.92 Å². The minimum atomic E-state index is -0.343. The van der Waals surface area contributed by atoms with Crippen LogP contribution in [-0.4, -0.2) is 17.3 Å². The van der Waals surface area contributed by atoms with Crippen LogP contribution in [0, 0.1) is 34.5 Å². The first-order chi connectivity index (χ1) is 11.7. The molecule has 2 saturated carbocycles. The number of Topliss-reactive ketones (excluding diaryl/α,β-unsaturated/α-hetero) is 3. The van der Waals surface area contributed by atoms with Gasteiger partial charge in [-0.2, -0.15) is 0 Å². The molecule has 0 spiro atoms. The third-order valence-electron chi connectivity index (χ3n) is 7.90. The molecule has 25 heavy (non-hydrogen) atoms.